The zero-order valence-electron chi connectivity index (χ0n) is 8.98. The zero-order valence-corrected chi connectivity index (χ0v) is 9.74. The molecule has 0 spiro atoms. The summed E-state index contributed by atoms with van der Waals surface area (Å²) in [5.74, 6) is -3.89. The van der Waals surface area contributed by atoms with Crippen LogP contribution in [0.4, 0.5) is 0 Å². The molecular formula is C12H11ClO4. The lowest BCUT2D eigenvalue weighted by Gasteiger charge is -2.00. The van der Waals surface area contributed by atoms with E-state index in [0.717, 1.165) is 5.56 Å². The predicted octanol–water partition coefficient (Wildman–Crippen LogP) is 1.89. The van der Waals surface area contributed by atoms with E-state index in [1.165, 1.54) is 0 Å². The summed E-state index contributed by atoms with van der Waals surface area (Å²) in [5, 5.41) is 8.94. The van der Waals surface area contributed by atoms with E-state index >= 15 is 0 Å². The van der Waals surface area contributed by atoms with Gasteiger partial charge >= 0.3 is 11.8 Å². The molecule has 0 atom stereocenters. The molecule has 0 amide bonds. The quantitative estimate of drug-likeness (QED) is 0.622. The lowest BCUT2D eigenvalue weighted by Crippen LogP contribution is -2.23. The topological polar surface area (TPSA) is 71.4 Å². The van der Waals surface area contributed by atoms with Crippen LogP contribution in [0.25, 0.3) is 0 Å². The first-order valence-electron chi connectivity index (χ1n) is 5.05. The van der Waals surface area contributed by atoms with Crippen molar-refractivity contribution in [3.8, 4) is 0 Å². The van der Waals surface area contributed by atoms with Crippen LogP contribution in [-0.2, 0) is 20.8 Å². The van der Waals surface area contributed by atoms with Gasteiger partial charge in [-0.15, -0.1) is 0 Å². The minimum Gasteiger partial charge on any atom is -0.475 e. The molecule has 4 nitrogen and oxygen atoms in total. The van der Waals surface area contributed by atoms with Crippen LogP contribution in [0, 0.1) is 0 Å². The highest BCUT2D eigenvalue weighted by molar-refractivity contribution is 6.61. The summed E-state index contributed by atoms with van der Waals surface area (Å²) in [5.41, 5.74) is 0.991. The maximum absolute atomic E-state index is 11.1. The van der Waals surface area contributed by atoms with Gasteiger partial charge in [0, 0.05) is 11.4 Å². The summed E-state index contributed by atoms with van der Waals surface area (Å²) < 4.78 is 0. The van der Waals surface area contributed by atoms with Crippen LogP contribution in [-0.4, -0.2) is 22.6 Å². The van der Waals surface area contributed by atoms with E-state index in [0.29, 0.717) is 17.9 Å². The van der Waals surface area contributed by atoms with Gasteiger partial charge in [0.2, 0.25) is 5.78 Å². The number of carbonyl (C=O) groups is 3. The molecule has 0 saturated carbocycles. The van der Waals surface area contributed by atoms with Crippen molar-refractivity contribution in [2.45, 2.75) is 19.3 Å². The van der Waals surface area contributed by atoms with Gasteiger partial charge in [-0.2, -0.15) is 0 Å². The van der Waals surface area contributed by atoms with Crippen molar-refractivity contribution in [2.75, 3.05) is 0 Å². The average Bonchev–Trinajstić information content (AvgIpc) is 2.30. The molecule has 1 N–H and O–H groups in total. The maximum atomic E-state index is 11.1. The fourth-order valence-corrected chi connectivity index (χ4v) is 1.46. The Hall–Kier alpha value is -1.68. The molecule has 0 bridgehead atoms. The van der Waals surface area contributed by atoms with Crippen molar-refractivity contribution in [1.82, 2.24) is 0 Å². The Morgan fingerprint density at radius 3 is 2.24 bits per heavy atom. The summed E-state index contributed by atoms with van der Waals surface area (Å²) in [7, 11) is 0. The van der Waals surface area contributed by atoms with Crippen molar-refractivity contribution in [3.63, 3.8) is 0 Å². The van der Waals surface area contributed by atoms with E-state index in [1.54, 1.807) is 12.1 Å². The summed E-state index contributed by atoms with van der Waals surface area (Å²) in [4.78, 5) is 32.1. The van der Waals surface area contributed by atoms with Crippen LogP contribution >= 0.6 is 11.6 Å². The second-order valence-electron chi connectivity index (χ2n) is 3.54. The molecule has 17 heavy (non-hydrogen) atoms. The number of hydrogen-bond donors (Lipinski definition) is 1. The monoisotopic (exact) mass is 254 g/mol. The van der Waals surface area contributed by atoms with Crippen LogP contribution in [0.5, 0.6) is 0 Å². The summed E-state index contributed by atoms with van der Waals surface area (Å²) >= 11 is 5.71. The van der Waals surface area contributed by atoms with Gasteiger partial charge in [0.15, 0.2) is 0 Å². The first kappa shape index (κ1) is 13.4. The SMILES string of the molecule is O=C(O)C(=O)C(=O)CCCc1ccc(Cl)cc1. The number of aliphatic carboxylic acids is 1. The Bertz CT molecular complexity index is 436. The molecule has 0 heterocycles. The zero-order chi connectivity index (χ0) is 12.8. The Balaban J connectivity index is 2.38. The Morgan fingerprint density at radius 2 is 1.71 bits per heavy atom. The number of carboxylic acid groups (broad SMARTS) is 1. The first-order chi connectivity index (χ1) is 8.00. The third-order valence-corrected chi connectivity index (χ3v) is 2.48. The highest BCUT2D eigenvalue weighted by Crippen LogP contribution is 2.11. The van der Waals surface area contributed by atoms with Crippen LogP contribution in [0.1, 0.15) is 18.4 Å². The van der Waals surface area contributed by atoms with Crippen molar-refractivity contribution >= 4 is 29.1 Å². The fraction of sp³-hybridized carbons (Fsp3) is 0.250. The maximum Gasteiger partial charge on any atom is 0.380 e. The van der Waals surface area contributed by atoms with Gasteiger partial charge < -0.3 is 5.11 Å². The Labute approximate surface area is 103 Å². The molecule has 0 radical (unpaired) electrons. The molecular weight excluding hydrogens is 244 g/mol. The largest absolute Gasteiger partial charge is 0.475 e. The normalized spacial score (nSPS) is 9.94. The second-order valence-corrected chi connectivity index (χ2v) is 3.97. The summed E-state index contributed by atoms with van der Waals surface area (Å²) in [6.45, 7) is 0. The van der Waals surface area contributed by atoms with Gasteiger partial charge in [0.1, 0.15) is 0 Å². The summed E-state index contributed by atoms with van der Waals surface area (Å²) in [6, 6.07) is 7.12. The predicted molar refractivity (Wildman–Crippen MR) is 62.0 cm³/mol. The Morgan fingerprint density at radius 1 is 1.12 bits per heavy atom. The lowest BCUT2D eigenvalue weighted by atomic mass is 10.1. The smallest absolute Gasteiger partial charge is 0.380 e. The number of benzene rings is 1. The van der Waals surface area contributed by atoms with Crippen molar-refractivity contribution in [2.24, 2.45) is 0 Å². The van der Waals surface area contributed by atoms with E-state index in [4.69, 9.17) is 16.7 Å². The van der Waals surface area contributed by atoms with Gasteiger partial charge in [-0.3, -0.25) is 9.59 Å². The van der Waals surface area contributed by atoms with Crippen molar-refractivity contribution in [3.05, 3.63) is 34.9 Å². The standard InChI is InChI=1S/C12H11ClO4/c13-9-6-4-8(5-7-9)2-1-3-10(14)11(15)12(16)17/h4-7H,1-3H2,(H,16,17). The molecule has 0 unspecified atom stereocenters. The van der Waals surface area contributed by atoms with Crippen LogP contribution in [0.2, 0.25) is 5.02 Å². The number of halogens is 1. The molecule has 0 aliphatic rings. The van der Waals surface area contributed by atoms with E-state index in [1.807, 2.05) is 12.1 Å². The van der Waals surface area contributed by atoms with Crippen molar-refractivity contribution < 1.29 is 19.5 Å². The van der Waals surface area contributed by atoms with Gasteiger partial charge in [-0.25, -0.2) is 4.79 Å². The van der Waals surface area contributed by atoms with Crippen molar-refractivity contribution in [1.29, 1.82) is 0 Å². The van der Waals surface area contributed by atoms with Gasteiger partial charge in [0.05, 0.1) is 0 Å². The van der Waals surface area contributed by atoms with Crippen LogP contribution in [0.15, 0.2) is 24.3 Å². The minimum absolute atomic E-state index is 0.0479. The second kappa shape index (κ2) is 6.15. The first-order valence-corrected chi connectivity index (χ1v) is 5.43. The van der Waals surface area contributed by atoms with Crippen LogP contribution < -0.4 is 0 Å². The van der Waals surface area contributed by atoms with E-state index in [9.17, 15) is 14.4 Å². The number of aryl methyl sites for hydroxylation is 1. The molecule has 90 valence electrons. The molecule has 0 fully saturated rings. The third kappa shape index (κ3) is 4.36. The minimum atomic E-state index is -1.69. The lowest BCUT2D eigenvalue weighted by molar-refractivity contribution is -0.152. The van der Waals surface area contributed by atoms with E-state index in [-0.39, 0.29) is 6.42 Å². The van der Waals surface area contributed by atoms with Gasteiger partial charge in [-0.1, -0.05) is 23.7 Å². The third-order valence-electron chi connectivity index (χ3n) is 2.23. The Kier molecular flexibility index (Phi) is 4.84. The number of carbonyl (C=O) groups excluding carboxylic acids is 2. The molecule has 1 rings (SSSR count). The number of rotatable bonds is 6. The van der Waals surface area contributed by atoms with Gasteiger partial charge in [-0.05, 0) is 30.5 Å². The number of hydrogen-bond acceptors (Lipinski definition) is 3. The fourth-order valence-electron chi connectivity index (χ4n) is 1.34. The number of ketones is 2. The van der Waals surface area contributed by atoms with E-state index in [2.05, 4.69) is 0 Å². The average molecular weight is 255 g/mol. The molecule has 0 aromatic heterocycles. The molecule has 0 saturated heterocycles. The number of Topliss-reactive ketones (excluding diaryl/α,β-unsaturated/α-hetero) is 2. The number of carboxylic acids is 1. The summed E-state index contributed by atoms with van der Waals surface area (Å²) in [6.07, 6.45) is 1.00. The van der Waals surface area contributed by atoms with E-state index < -0.39 is 17.5 Å². The highest BCUT2D eigenvalue weighted by Gasteiger charge is 2.20. The molecule has 1 aromatic rings. The molecule has 0 aliphatic heterocycles. The van der Waals surface area contributed by atoms with Gasteiger partial charge in [0.25, 0.3) is 0 Å². The molecule has 5 heteroatoms. The molecule has 0 aliphatic carbocycles. The highest BCUT2D eigenvalue weighted by atomic mass is 35.5. The molecule has 1 aromatic carbocycles. The van der Waals surface area contributed by atoms with Crippen LogP contribution in [0.3, 0.4) is 0 Å².